The summed E-state index contributed by atoms with van der Waals surface area (Å²) in [7, 11) is 0. The molecule has 1 unspecified atom stereocenters. The molecule has 1 aromatic rings. The van der Waals surface area contributed by atoms with Gasteiger partial charge in [0.1, 0.15) is 5.82 Å². The Morgan fingerprint density at radius 2 is 2.00 bits per heavy atom. The third-order valence-corrected chi connectivity index (χ3v) is 2.79. The molecule has 1 rings (SSSR count). The summed E-state index contributed by atoms with van der Waals surface area (Å²) in [5, 5.41) is 0.552. The maximum absolute atomic E-state index is 13.1. The van der Waals surface area contributed by atoms with Gasteiger partial charge < -0.3 is 5.73 Å². The molecule has 78 valence electrons. The van der Waals surface area contributed by atoms with Crippen LogP contribution in [0, 0.1) is 5.82 Å². The van der Waals surface area contributed by atoms with Gasteiger partial charge >= 0.3 is 0 Å². The minimum atomic E-state index is -0.435. The second-order valence-corrected chi connectivity index (χ2v) is 4.08. The van der Waals surface area contributed by atoms with Gasteiger partial charge in [0.15, 0.2) is 0 Å². The second kappa shape index (κ2) is 4.96. The van der Waals surface area contributed by atoms with E-state index in [1.807, 2.05) is 6.92 Å². The maximum Gasteiger partial charge on any atom is 0.142 e. The fourth-order valence-electron chi connectivity index (χ4n) is 1.32. The van der Waals surface area contributed by atoms with E-state index in [2.05, 4.69) is 0 Å². The van der Waals surface area contributed by atoms with Gasteiger partial charge in [0.25, 0.3) is 0 Å². The van der Waals surface area contributed by atoms with Gasteiger partial charge in [-0.15, -0.1) is 0 Å². The van der Waals surface area contributed by atoms with Crippen molar-refractivity contribution in [3.63, 3.8) is 0 Å². The molecule has 0 aliphatic rings. The summed E-state index contributed by atoms with van der Waals surface area (Å²) < 4.78 is 13.1. The molecule has 4 heteroatoms. The highest BCUT2D eigenvalue weighted by Gasteiger charge is 2.12. The van der Waals surface area contributed by atoms with Gasteiger partial charge in [0, 0.05) is 5.02 Å². The lowest BCUT2D eigenvalue weighted by Crippen LogP contribution is -2.05. The van der Waals surface area contributed by atoms with E-state index in [1.54, 1.807) is 0 Å². The van der Waals surface area contributed by atoms with Crippen LogP contribution in [0.3, 0.4) is 0 Å². The van der Waals surface area contributed by atoms with Gasteiger partial charge in [0.05, 0.1) is 5.02 Å². The number of benzene rings is 1. The Hall–Kier alpha value is -0.310. The first-order chi connectivity index (χ1) is 6.56. The molecule has 0 amide bonds. The van der Waals surface area contributed by atoms with Crippen molar-refractivity contribution in [3.05, 3.63) is 33.6 Å². The Morgan fingerprint density at radius 1 is 1.36 bits per heavy atom. The first kappa shape index (κ1) is 11.8. The van der Waals surface area contributed by atoms with E-state index in [1.165, 1.54) is 12.1 Å². The molecule has 0 radical (unpaired) electrons. The highest BCUT2D eigenvalue weighted by molar-refractivity contribution is 6.35. The van der Waals surface area contributed by atoms with Crippen molar-refractivity contribution in [1.82, 2.24) is 0 Å². The van der Waals surface area contributed by atoms with Crippen molar-refractivity contribution in [2.24, 2.45) is 5.73 Å². The van der Waals surface area contributed by atoms with Crippen molar-refractivity contribution >= 4 is 23.2 Å². The molecule has 1 atom stereocenters. The van der Waals surface area contributed by atoms with Crippen molar-refractivity contribution < 1.29 is 4.39 Å². The molecular weight excluding hydrogens is 224 g/mol. The zero-order valence-electron chi connectivity index (χ0n) is 7.86. The highest BCUT2D eigenvalue weighted by atomic mass is 35.5. The van der Waals surface area contributed by atoms with Gasteiger partial charge in [-0.25, -0.2) is 4.39 Å². The van der Waals surface area contributed by atoms with Crippen LogP contribution in [0.15, 0.2) is 12.1 Å². The normalized spacial score (nSPS) is 12.9. The molecule has 2 N–H and O–H groups in total. The van der Waals surface area contributed by atoms with Crippen LogP contribution in [0.1, 0.15) is 24.8 Å². The van der Waals surface area contributed by atoms with Crippen molar-refractivity contribution in [3.8, 4) is 0 Å². The lowest BCUT2D eigenvalue weighted by atomic mass is 9.98. The van der Waals surface area contributed by atoms with E-state index in [4.69, 9.17) is 28.9 Å². The molecule has 0 aliphatic carbocycles. The molecule has 0 aromatic heterocycles. The third kappa shape index (κ3) is 2.59. The summed E-state index contributed by atoms with van der Waals surface area (Å²) in [4.78, 5) is 0. The summed E-state index contributed by atoms with van der Waals surface area (Å²) in [5.41, 5.74) is 6.18. The Bertz CT molecular complexity index is 328. The van der Waals surface area contributed by atoms with E-state index in [0.717, 1.165) is 12.0 Å². The molecule has 0 saturated carbocycles. The largest absolute Gasteiger partial charge is 0.330 e. The lowest BCUT2D eigenvalue weighted by molar-refractivity contribution is 0.617. The summed E-state index contributed by atoms with van der Waals surface area (Å²) in [6.45, 7) is 2.52. The number of rotatable bonds is 3. The zero-order chi connectivity index (χ0) is 10.7. The van der Waals surface area contributed by atoms with Crippen LogP contribution in [-0.2, 0) is 0 Å². The molecule has 1 aromatic carbocycles. The lowest BCUT2D eigenvalue weighted by Gasteiger charge is -2.12. The zero-order valence-corrected chi connectivity index (χ0v) is 9.37. The average Bonchev–Trinajstić information content (AvgIpc) is 2.11. The molecule has 0 bridgehead atoms. The average molecular weight is 236 g/mol. The second-order valence-electron chi connectivity index (χ2n) is 3.27. The highest BCUT2D eigenvalue weighted by Crippen LogP contribution is 2.30. The predicted octanol–water partition coefficient (Wildman–Crippen LogP) is 3.58. The number of nitrogens with two attached hydrogens (primary N) is 1. The van der Waals surface area contributed by atoms with Gasteiger partial charge in [-0.3, -0.25) is 0 Å². The predicted molar refractivity (Wildman–Crippen MR) is 58.5 cm³/mol. The van der Waals surface area contributed by atoms with Gasteiger partial charge in [-0.2, -0.15) is 0 Å². The van der Waals surface area contributed by atoms with E-state index in [0.29, 0.717) is 11.6 Å². The molecule has 0 fully saturated rings. The van der Waals surface area contributed by atoms with Crippen molar-refractivity contribution in [2.45, 2.75) is 19.3 Å². The summed E-state index contributed by atoms with van der Waals surface area (Å²) in [6.07, 6.45) is 0.779. The number of halogens is 3. The Labute approximate surface area is 93.0 Å². The van der Waals surface area contributed by atoms with Crippen LogP contribution in [0.4, 0.5) is 4.39 Å². The molecule has 0 aliphatic heterocycles. The van der Waals surface area contributed by atoms with E-state index >= 15 is 0 Å². The van der Waals surface area contributed by atoms with Crippen LogP contribution in [0.5, 0.6) is 0 Å². The molecular formula is C10H12Cl2FN. The molecule has 0 spiro atoms. The first-order valence-corrected chi connectivity index (χ1v) is 5.16. The maximum atomic E-state index is 13.1. The van der Waals surface area contributed by atoms with Gasteiger partial charge in [-0.05, 0) is 36.6 Å². The van der Waals surface area contributed by atoms with Gasteiger partial charge in [-0.1, -0.05) is 30.1 Å². The quantitative estimate of drug-likeness (QED) is 0.797. The summed E-state index contributed by atoms with van der Waals surface area (Å²) in [5.74, 6) is -0.283. The van der Waals surface area contributed by atoms with Crippen LogP contribution < -0.4 is 5.73 Å². The Morgan fingerprint density at radius 3 is 2.57 bits per heavy atom. The summed E-state index contributed by atoms with van der Waals surface area (Å²) >= 11 is 11.5. The monoisotopic (exact) mass is 235 g/mol. The van der Waals surface area contributed by atoms with Crippen LogP contribution in [-0.4, -0.2) is 6.54 Å². The van der Waals surface area contributed by atoms with Crippen molar-refractivity contribution in [1.29, 1.82) is 0 Å². The van der Waals surface area contributed by atoms with Crippen LogP contribution in [0.25, 0.3) is 0 Å². The first-order valence-electron chi connectivity index (χ1n) is 4.40. The van der Waals surface area contributed by atoms with Gasteiger partial charge in [0.2, 0.25) is 0 Å². The standard InChI is InChI=1S/C10H12Cl2FN/c1-6(2-3-14)7-4-10(13)9(12)5-8(7)11/h4-6H,2-3,14H2,1H3. The smallest absolute Gasteiger partial charge is 0.142 e. The number of hydrogen-bond acceptors (Lipinski definition) is 1. The van der Waals surface area contributed by atoms with Crippen molar-refractivity contribution in [2.75, 3.05) is 6.54 Å². The molecule has 0 heterocycles. The molecule has 0 saturated heterocycles. The van der Waals surface area contributed by atoms with Crippen LogP contribution >= 0.6 is 23.2 Å². The Kier molecular flexibility index (Phi) is 4.17. The topological polar surface area (TPSA) is 26.0 Å². The van der Waals surface area contributed by atoms with E-state index < -0.39 is 5.82 Å². The fourth-order valence-corrected chi connectivity index (χ4v) is 1.89. The van der Waals surface area contributed by atoms with Crippen LogP contribution in [0.2, 0.25) is 10.0 Å². The SMILES string of the molecule is CC(CCN)c1cc(F)c(Cl)cc1Cl. The third-order valence-electron chi connectivity index (χ3n) is 2.17. The Balaban J connectivity index is 3.02. The minimum absolute atomic E-state index is 0.0544. The fraction of sp³-hybridized carbons (Fsp3) is 0.400. The minimum Gasteiger partial charge on any atom is -0.330 e. The molecule has 14 heavy (non-hydrogen) atoms. The number of hydrogen-bond donors (Lipinski definition) is 1. The van der Waals surface area contributed by atoms with E-state index in [-0.39, 0.29) is 10.9 Å². The molecule has 1 nitrogen and oxygen atoms in total. The van der Waals surface area contributed by atoms with E-state index in [9.17, 15) is 4.39 Å². The summed E-state index contributed by atoms with van der Waals surface area (Å²) in [6, 6.07) is 2.81.